The van der Waals surface area contributed by atoms with Gasteiger partial charge in [0.15, 0.2) is 5.82 Å². The summed E-state index contributed by atoms with van der Waals surface area (Å²) in [4.78, 5) is 4.58. The highest BCUT2D eigenvalue weighted by Crippen LogP contribution is 2.29. The van der Waals surface area contributed by atoms with Gasteiger partial charge in [-0.15, -0.1) is 12.4 Å². The molecule has 1 aromatic rings. The van der Waals surface area contributed by atoms with Gasteiger partial charge >= 0.3 is 0 Å². The number of halogens is 1. The van der Waals surface area contributed by atoms with Gasteiger partial charge in [0.1, 0.15) is 0 Å². The highest BCUT2D eigenvalue weighted by Gasteiger charge is 2.20. The predicted molar refractivity (Wildman–Crippen MR) is 78.8 cm³/mol. The number of nitrogens with zero attached hydrogens (tertiary/aromatic N) is 2. The van der Waals surface area contributed by atoms with E-state index in [0.717, 1.165) is 18.1 Å². The van der Waals surface area contributed by atoms with Gasteiger partial charge in [0, 0.05) is 18.4 Å². The highest BCUT2D eigenvalue weighted by molar-refractivity contribution is 5.85. The van der Waals surface area contributed by atoms with Crippen LogP contribution in [0.15, 0.2) is 4.52 Å². The van der Waals surface area contributed by atoms with Crippen LogP contribution in [0.25, 0.3) is 0 Å². The number of hydrogen-bond donors (Lipinski definition) is 1. The molecule has 1 aromatic heterocycles. The zero-order valence-electron chi connectivity index (χ0n) is 12.0. The topological polar surface area (TPSA) is 51.0 Å². The van der Waals surface area contributed by atoms with Crippen LogP contribution in [0.4, 0.5) is 0 Å². The van der Waals surface area contributed by atoms with E-state index in [4.69, 9.17) is 4.52 Å². The van der Waals surface area contributed by atoms with Crippen LogP contribution in [0.1, 0.15) is 69.5 Å². The van der Waals surface area contributed by atoms with Crippen molar-refractivity contribution in [3.8, 4) is 0 Å². The second-order valence-corrected chi connectivity index (χ2v) is 5.48. The van der Waals surface area contributed by atoms with Gasteiger partial charge in [-0.05, 0) is 26.8 Å². The fraction of sp³-hybridized carbons (Fsp3) is 0.857. The first kappa shape index (κ1) is 16.4. The fourth-order valence-electron chi connectivity index (χ4n) is 2.60. The van der Waals surface area contributed by atoms with Crippen LogP contribution in [0.5, 0.6) is 0 Å². The molecule has 0 spiro atoms. The Kier molecular flexibility index (Phi) is 7.39. The van der Waals surface area contributed by atoms with Crippen molar-refractivity contribution in [2.24, 2.45) is 0 Å². The summed E-state index contributed by atoms with van der Waals surface area (Å²) in [6, 6.07) is 0.396. The lowest BCUT2D eigenvalue weighted by Gasteiger charge is -2.15. The van der Waals surface area contributed by atoms with Crippen LogP contribution < -0.4 is 5.32 Å². The molecule has 0 aliphatic heterocycles. The van der Waals surface area contributed by atoms with Crippen molar-refractivity contribution in [3.05, 3.63) is 11.7 Å². The van der Waals surface area contributed by atoms with Gasteiger partial charge < -0.3 is 9.84 Å². The van der Waals surface area contributed by atoms with E-state index >= 15 is 0 Å². The molecule has 1 aliphatic carbocycles. The van der Waals surface area contributed by atoms with E-state index < -0.39 is 0 Å². The van der Waals surface area contributed by atoms with Gasteiger partial charge in [-0.1, -0.05) is 37.3 Å². The Morgan fingerprint density at radius 2 is 1.84 bits per heavy atom. The lowest BCUT2D eigenvalue weighted by atomic mass is 9.91. The van der Waals surface area contributed by atoms with E-state index in [1.54, 1.807) is 0 Å². The van der Waals surface area contributed by atoms with Crippen molar-refractivity contribution in [2.75, 3.05) is 7.05 Å². The molecule has 1 saturated carbocycles. The molecule has 4 nitrogen and oxygen atoms in total. The van der Waals surface area contributed by atoms with E-state index in [1.807, 2.05) is 7.05 Å². The highest BCUT2D eigenvalue weighted by atomic mass is 35.5. The number of aromatic nitrogens is 2. The molecule has 0 radical (unpaired) electrons. The molecule has 0 saturated heterocycles. The first-order valence-corrected chi connectivity index (χ1v) is 7.29. The minimum absolute atomic E-state index is 0. The summed E-state index contributed by atoms with van der Waals surface area (Å²) in [6.07, 6.45) is 9.97. The Morgan fingerprint density at radius 3 is 2.47 bits per heavy atom. The van der Waals surface area contributed by atoms with E-state index in [0.29, 0.717) is 12.0 Å². The maximum atomic E-state index is 5.46. The predicted octanol–water partition coefficient (Wildman–Crippen LogP) is 3.47. The summed E-state index contributed by atoms with van der Waals surface area (Å²) < 4.78 is 5.46. The first-order chi connectivity index (χ1) is 8.79. The number of rotatable bonds is 4. The van der Waals surface area contributed by atoms with Crippen molar-refractivity contribution in [2.45, 2.75) is 70.3 Å². The molecule has 5 heteroatoms. The van der Waals surface area contributed by atoms with Crippen LogP contribution >= 0.6 is 12.4 Å². The second kappa shape index (κ2) is 8.54. The van der Waals surface area contributed by atoms with Gasteiger partial charge in [-0.3, -0.25) is 0 Å². The van der Waals surface area contributed by atoms with E-state index in [-0.39, 0.29) is 12.4 Å². The summed E-state index contributed by atoms with van der Waals surface area (Å²) in [6.45, 7) is 2.13. The average molecular weight is 288 g/mol. The quantitative estimate of drug-likeness (QED) is 0.921. The average Bonchev–Trinajstić information content (AvgIpc) is 2.77. The lowest BCUT2D eigenvalue weighted by Crippen LogP contribution is -2.24. The van der Waals surface area contributed by atoms with Crippen LogP contribution in [-0.2, 0) is 6.42 Å². The molecule has 1 aliphatic rings. The lowest BCUT2D eigenvalue weighted by molar-refractivity contribution is 0.320. The maximum Gasteiger partial charge on any atom is 0.229 e. The van der Waals surface area contributed by atoms with Crippen molar-refractivity contribution in [3.63, 3.8) is 0 Å². The third-order valence-corrected chi connectivity index (χ3v) is 3.92. The molecule has 19 heavy (non-hydrogen) atoms. The van der Waals surface area contributed by atoms with Gasteiger partial charge in [-0.25, -0.2) is 0 Å². The Balaban J connectivity index is 0.00000180. The third kappa shape index (κ3) is 5.11. The molecule has 110 valence electrons. The molecule has 0 amide bonds. The van der Waals surface area contributed by atoms with E-state index in [2.05, 4.69) is 22.4 Å². The second-order valence-electron chi connectivity index (χ2n) is 5.48. The third-order valence-electron chi connectivity index (χ3n) is 3.92. The molecule has 1 atom stereocenters. The molecule has 1 heterocycles. The van der Waals surface area contributed by atoms with Crippen LogP contribution in [0.3, 0.4) is 0 Å². The van der Waals surface area contributed by atoms with Crippen molar-refractivity contribution in [1.82, 2.24) is 15.5 Å². The largest absolute Gasteiger partial charge is 0.339 e. The molecular weight excluding hydrogens is 262 g/mol. The van der Waals surface area contributed by atoms with Gasteiger partial charge in [-0.2, -0.15) is 4.98 Å². The molecule has 0 aromatic carbocycles. The Morgan fingerprint density at radius 1 is 1.21 bits per heavy atom. The van der Waals surface area contributed by atoms with Gasteiger partial charge in [0.05, 0.1) is 0 Å². The molecular formula is C14H26ClN3O. The molecule has 1 unspecified atom stereocenters. The van der Waals surface area contributed by atoms with Crippen molar-refractivity contribution < 1.29 is 4.52 Å². The first-order valence-electron chi connectivity index (χ1n) is 7.29. The molecule has 1 fully saturated rings. The van der Waals surface area contributed by atoms with Crippen LogP contribution in [0, 0.1) is 0 Å². The molecule has 1 N–H and O–H groups in total. The normalized spacial score (nSPS) is 19.3. The van der Waals surface area contributed by atoms with Crippen molar-refractivity contribution >= 4 is 12.4 Å². The fourth-order valence-corrected chi connectivity index (χ4v) is 2.60. The smallest absolute Gasteiger partial charge is 0.229 e. The number of likely N-dealkylation sites (N-methyl/N-ethyl adjacent to an activating group) is 1. The summed E-state index contributed by atoms with van der Waals surface area (Å²) in [5, 5.41) is 7.31. The Bertz CT molecular complexity index is 348. The Hall–Kier alpha value is -0.610. The maximum absolute atomic E-state index is 5.46. The van der Waals surface area contributed by atoms with E-state index in [1.165, 1.54) is 44.9 Å². The van der Waals surface area contributed by atoms with Crippen LogP contribution in [-0.4, -0.2) is 23.2 Å². The zero-order valence-corrected chi connectivity index (χ0v) is 12.8. The summed E-state index contributed by atoms with van der Waals surface area (Å²) in [5.74, 6) is 2.21. The van der Waals surface area contributed by atoms with Crippen molar-refractivity contribution in [1.29, 1.82) is 0 Å². The minimum atomic E-state index is 0. The van der Waals surface area contributed by atoms with Crippen LogP contribution in [0.2, 0.25) is 0 Å². The minimum Gasteiger partial charge on any atom is -0.339 e. The summed E-state index contributed by atoms with van der Waals surface area (Å²) >= 11 is 0. The monoisotopic (exact) mass is 287 g/mol. The number of nitrogens with one attached hydrogen (secondary N) is 1. The van der Waals surface area contributed by atoms with Gasteiger partial charge in [0.25, 0.3) is 0 Å². The van der Waals surface area contributed by atoms with Gasteiger partial charge in [0.2, 0.25) is 5.89 Å². The standard InChI is InChI=1S/C14H25N3O.ClH/c1-11(15-2)10-13-16-14(18-17-13)12-8-6-4-3-5-7-9-12;/h11-12,15H,3-10H2,1-2H3;1H. The number of hydrogen-bond acceptors (Lipinski definition) is 4. The zero-order chi connectivity index (χ0) is 12.8. The molecule has 2 rings (SSSR count). The van der Waals surface area contributed by atoms with E-state index in [9.17, 15) is 0 Å². The Labute approximate surface area is 122 Å². The summed E-state index contributed by atoms with van der Waals surface area (Å²) in [7, 11) is 1.96. The summed E-state index contributed by atoms with van der Waals surface area (Å²) in [5.41, 5.74) is 0. The SMILES string of the molecule is CNC(C)Cc1noc(C2CCCCCCC2)n1.Cl. The molecule has 0 bridgehead atoms.